The summed E-state index contributed by atoms with van der Waals surface area (Å²) in [5.41, 5.74) is 23.8. The molecule has 0 aliphatic carbocycles. The Morgan fingerprint density at radius 3 is 0.711 bits per heavy atom. The van der Waals surface area contributed by atoms with Crippen LogP contribution in [0.1, 0.15) is 22.3 Å². The molecule has 12 heteroatoms. The van der Waals surface area contributed by atoms with Gasteiger partial charge in [-0.05, 0) is 97.1 Å². The second kappa shape index (κ2) is 14.4. The number of ether oxygens (including phenoxy) is 4. The van der Waals surface area contributed by atoms with E-state index in [4.69, 9.17) is 63.5 Å². The Hall–Kier alpha value is -6.04. The zero-order chi connectivity index (χ0) is 32.4. The number of hydrogen-bond acceptors (Lipinski definition) is 8. The van der Waals surface area contributed by atoms with Gasteiger partial charge in [-0.15, -0.1) is 0 Å². The van der Waals surface area contributed by atoms with E-state index in [-0.39, 0.29) is 49.8 Å². The lowest BCUT2D eigenvalue weighted by Crippen LogP contribution is -2.45. The predicted molar refractivity (Wildman–Crippen MR) is 174 cm³/mol. The predicted octanol–water partition coefficient (Wildman–Crippen LogP) is 3.43. The minimum absolute atomic E-state index is 0.0477. The van der Waals surface area contributed by atoms with Gasteiger partial charge in [0.25, 0.3) is 0 Å². The van der Waals surface area contributed by atoms with E-state index in [1.807, 2.05) is 0 Å². The Labute approximate surface area is 260 Å². The van der Waals surface area contributed by atoms with Crippen LogP contribution < -0.4 is 41.9 Å². The summed E-state index contributed by atoms with van der Waals surface area (Å²) < 4.78 is 25.0. The van der Waals surface area contributed by atoms with Crippen LogP contribution in [0.3, 0.4) is 0 Å². The zero-order valence-electron chi connectivity index (χ0n) is 24.5. The quantitative estimate of drug-likeness (QED) is 0.0691. The Morgan fingerprint density at radius 1 is 0.378 bits per heavy atom. The SMILES string of the molecule is N=C(N)c1ccc(OCC(COc2ccc(C(=N)N)cc2)(COc2ccc(C(=N)N)cc2)COc2ccc(C(=N)N)cc2)cc1. The van der Waals surface area contributed by atoms with Gasteiger partial charge in [0.2, 0.25) is 0 Å². The minimum atomic E-state index is -0.892. The molecule has 4 rings (SSSR count). The molecule has 232 valence electrons. The van der Waals surface area contributed by atoms with E-state index in [0.717, 1.165) is 0 Å². The minimum Gasteiger partial charge on any atom is -0.493 e. The number of hydrogen-bond donors (Lipinski definition) is 8. The van der Waals surface area contributed by atoms with Crippen molar-refractivity contribution in [3.05, 3.63) is 119 Å². The van der Waals surface area contributed by atoms with Crippen LogP contribution in [0, 0.1) is 27.1 Å². The van der Waals surface area contributed by atoms with Gasteiger partial charge in [-0.25, -0.2) is 0 Å². The highest BCUT2D eigenvalue weighted by molar-refractivity contribution is 5.96. The third-order valence-corrected chi connectivity index (χ3v) is 6.84. The van der Waals surface area contributed by atoms with Crippen molar-refractivity contribution < 1.29 is 18.9 Å². The van der Waals surface area contributed by atoms with Crippen LogP contribution in [0.5, 0.6) is 23.0 Å². The molecule has 4 aromatic rings. The first kappa shape index (κ1) is 31.9. The third-order valence-electron chi connectivity index (χ3n) is 6.84. The third kappa shape index (κ3) is 8.97. The summed E-state index contributed by atoms with van der Waals surface area (Å²) in [6.07, 6.45) is 0. The maximum Gasteiger partial charge on any atom is 0.122 e. The lowest BCUT2D eigenvalue weighted by molar-refractivity contribution is -0.00351. The molecule has 0 unspecified atom stereocenters. The van der Waals surface area contributed by atoms with Crippen LogP contribution in [-0.2, 0) is 0 Å². The molecule has 0 saturated heterocycles. The molecule has 0 fully saturated rings. The maximum absolute atomic E-state index is 7.66. The van der Waals surface area contributed by atoms with Crippen molar-refractivity contribution in [3.8, 4) is 23.0 Å². The van der Waals surface area contributed by atoms with Crippen molar-refractivity contribution in [2.45, 2.75) is 0 Å². The van der Waals surface area contributed by atoms with Crippen molar-refractivity contribution in [1.82, 2.24) is 0 Å². The molecule has 0 aliphatic heterocycles. The van der Waals surface area contributed by atoms with Gasteiger partial charge in [-0.2, -0.15) is 0 Å². The van der Waals surface area contributed by atoms with Gasteiger partial charge in [0.15, 0.2) is 0 Å². The number of amidine groups is 4. The fraction of sp³-hybridized carbons (Fsp3) is 0.152. The lowest BCUT2D eigenvalue weighted by atomic mass is 9.92. The van der Waals surface area contributed by atoms with Gasteiger partial charge >= 0.3 is 0 Å². The van der Waals surface area contributed by atoms with E-state index < -0.39 is 5.41 Å². The summed E-state index contributed by atoms with van der Waals surface area (Å²) in [5, 5.41) is 30.6. The number of rotatable bonds is 16. The molecule has 0 saturated carbocycles. The van der Waals surface area contributed by atoms with Crippen molar-refractivity contribution in [2.75, 3.05) is 26.4 Å². The summed E-state index contributed by atoms with van der Waals surface area (Å²) in [5.74, 6) is 2.00. The second-order valence-electron chi connectivity index (χ2n) is 10.4. The van der Waals surface area contributed by atoms with Crippen molar-refractivity contribution in [2.24, 2.45) is 28.3 Å². The van der Waals surface area contributed by atoms with Crippen LogP contribution in [-0.4, -0.2) is 49.8 Å². The van der Waals surface area contributed by atoms with Gasteiger partial charge in [-0.1, -0.05) is 0 Å². The second-order valence-corrected chi connectivity index (χ2v) is 10.4. The molecule has 0 radical (unpaired) electrons. The van der Waals surface area contributed by atoms with Crippen LogP contribution in [0.2, 0.25) is 0 Å². The highest BCUT2D eigenvalue weighted by Gasteiger charge is 2.36. The Balaban J connectivity index is 1.62. The number of nitrogens with one attached hydrogen (secondary N) is 4. The number of nitrogens with two attached hydrogens (primary N) is 4. The van der Waals surface area contributed by atoms with Crippen LogP contribution >= 0.6 is 0 Å². The molecule has 12 nitrogen and oxygen atoms in total. The van der Waals surface area contributed by atoms with Gasteiger partial charge in [0.05, 0.1) is 0 Å². The van der Waals surface area contributed by atoms with E-state index in [1.165, 1.54) is 0 Å². The molecule has 0 atom stereocenters. The van der Waals surface area contributed by atoms with Crippen molar-refractivity contribution in [1.29, 1.82) is 21.6 Å². The van der Waals surface area contributed by atoms with Crippen LogP contribution in [0.4, 0.5) is 0 Å². The molecular formula is C33H36N8O4. The standard InChI is InChI=1S/C33H36N8O4/c34-29(35)21-1-9-25(10-2-21)42-17-33(18-43-26-11-3-22(4-12-26)30(36)37,19-44-27-13-5-23(6-14-27)31(38)39)20-45-28-15-7-24(8-16-28)32(40)41/h1-16H,17-20H2,(H3,34,35)(H3,36,37)(H3,38,39)(H3,40,41). The zero-order valence-corrected chi connectivity index (χ0v) is 24.5. The molecule has 0 aliphatic rings. The molecule has 12 N–H and O–H groups in total. The topological polar surface area (TPSA) is 236 Å². The van der Waals surface area contributed by atoms with Crippen LogP contribution in [0.15, 0.2) is 97.1 Å². The van der Waals surface area contributed by atoms with E-state index >= 15 is 0 Å². The van der Waals surface area contributed by atoms with E-state index in [9.17, 15) is 0 Å². The molecule has 0 aromatic heterocycles. The Bertz CT molecular complexity index is 1390. The number of nitrogen functional groups attached to an aromatic ring is 4. The Morgan fingerprint density at radius 2 is 0.556 bits per heavy atom. The summed E-state index contributed by atoms with van der Waals surface area (Å²) in [6.45, 7) is 0.425. The van der Waals surface area contributed by atoms with Crippen molar-refractivity contribution >= 4 is 23.3 Å². The molecule has 45 heavy (non-hydrogen) atoms. The van der Waals surface area contributed by atoms with Gasteiger partial charge in [0, 0.05) is 22.3 Å². The molecule has 0 spiro atoms. The molecule has 0 bridgehead atoms. The first-order chi connectivity index (χ1) is 21.5. The largest absolute Gasteiger partial charge is 0.493 e. The normalized spacial score (nSPS) is 11.9. The van der Waals surface area contributed by atoms with Gasteiger partial charge in [-0.3, -0.25) is 21.6 Å². The van der Waals surface area contributed by atoms with Crippen LogP contribution in [0.25, 0.3) is 0 Å². The first-order valence-electron chi connectivity index (χ1n) is 13.8. The maximum atomic E-state index is 7.66. The molecule has 0 heterocycles. The highest BCUT2D eigenvalue weighted by atomic mass is 16.5. The first-order valence-corrected chi connectivity index (χ1v) is 13.8. The summed E-state index contributed by atoms with van der Waals surface area (Å²) in [7, 11) is 0. The summed E-state index contributed by atoms with van der Waals surface area (Å²) in [4.78, 5) is 0. The fourth-order valence-electron chi connectivity index (χ4n) is 4.12. The van der Waals surface area contributed by atoms with Gasteiger partial charge < -0.3 is 41.9 Å². The van der Waals surface area contributed by atoms with Crippen molar-refractivity contribution in [3.63, 3.8) is 0 Å². The van der Waals surface area contributed by atoms with Gasteiger partial charge in [0.1, 0.15) is 78.2 Å². The molecular weight excluding hydrogens is 572 g/mol. The Kier molecular flexibility index (Phi) is 10.2. The highest BCUT2D eigenvalue weighted by Crippen LogP contribution is 2.27. The average molecular weight is 609 g/mol. The lowest BCUT2D eigenvalue weighted by Gasteiger charge is -2.33. The summed E-state index contributed by atoms with van der Waals surface area (Å²) >= 11 is 0. The average Bonchev–Trinajstić information content (AvgIpc) is 3.04. The van der Waals surface area contributed by atoms with E-state index in [1.54, 1.807) is 97.1 Å². The smallest absolute Gasteiger partial charge is 0.122 e. The fourth-order valence-corrected chi connectivity index (χ4v) is 4.12. The van der Waals surface area contributed by atoms with E-state index in [2.05, 4.69) is 0 Å². The van der Waals surface area contributed by atoms with E-state index in [0.29, 0.717) is 45.3 Å². The molecule has 0 amide bonds. The monoisotopic (exact) mass is 608 g/mol. The number of benzene rings is 4. The summed E-state index contributed by atoms with van der Waals surface area (Å²) in [6, 6.07) is 27.4. The molecule has 4 aromatic carbocycles.